The van der Waals surface area contributed by atoms with Gasteiger partial charge in [0.15, 0.2) is 0 Å². The van der Waals surface area contributed by atoms with Gasteiger partial charge in [-0.2, -0.15) is 0 Å². The predicted octanol–water partition coefficient (Wildman–Crippen LogP) is 9.66. The van der Waals surface area contributed by atoms with E-state index in [1.54, 1.807) is 0 Å². The van der Waals surface area contributed by atoms with Gasteiger partial charge in [0.05, 0.1) is 10.9 Å². The lowest BCUT2D eigenvalue weighted by molar-refractivity contribution is 0.769. The molecule has 0 radical (unpaired) electrons. The molecule has 0 bridgehead atoms. The number of aromatic nitrogens is 1. The minimum atomic E-state index is -0.373. The smallest absolute Gasteiger partial charge is 0.0713 e. The molecule has 1 aromatic heterocycles. The molecule has 0 atom stereocenters. The van der Waals surface area contributed by atoms with Crippen molar-refractivity contribution in [2.75, 3.05) is 0 Å². The van der Waals surface area contributed by atoms with E-state index in [-0.39, 0.29) is 5.41 Å². The summed E-state index contributed by atoms with van der Waals surface area (Å²) in [6.45, 7) is 0. The first-order valence-electron chi connectivity index (χ1n) is 13.9. The summed E-state index contributed by atoms with van der Waals surface area (Å²) >= 11 is 0. The maximum Gasteiger partial charge on any atom is 0.0713 e. The average molecular weight is 510 g/mol. The van der Waals surface area contributed by atoms with E-state index in [4.69, 9.17) is 0 Å². The second-order valence-corrected chi connectivity index (χ2v) is 10.5. The first-order valence-corrected chi connectivity index (χ1v) is 13.9. The van der Waals surface area contributed by atoms with Crippen molar-refractivity contribution in [2.45, 2.75) is 5.41 Å². The van der Waals surface area contributed by atoms with Crippen molar-refractivity contribution < 1.29 is 0 Å². The van der Waals surface area contributed by atoms with Crippen LogP contribution >= 0.6 is 0 Å². The Balaban J connectivity index is 1.36. The van der Waals surface area contributed by atoms with Crippen LogP contribution in [-0.4, -0.2) is 4.57 Å². The molecule has 0 amide bonds. The first-order chi connectivity index (χ1) is 19.9. The molecule has 1 aliphatic rings. The Bertz CT molecular complexity index is 1930. The van der Waals surface area contributed by atoms with Crippen LogP contribution in [0.1, 0.15) is 22.3 Å². The van der Waals surface area contributed by atoms with Crippen molar-refractivity contribution in [1.29, 1.82) is 0 Å². The number of rotatable bonds is 4. The molecule has 1 heterocycles. The van der Waals surface area contributed by atoms with Crippen LogP contribution in [-0.2, 0) is 5.41 Å². The number of hydrogen-bond acceptors (Lipinski definition) is 0. The van der Waals surface area contributed by atoms with Crippen molar-refractivity contribution in [3.8, 4) is 27.9 Å². The molecule has 7 aromatic rings. The van der Waals surface area contributed by atoms with Crippen LogP contribution in [0.25, 0.3) is 38.8 Å². The van der Waals surface area contributed by atoms with Gasteiger partial charge >= 0.3 is 0 Å². The minimum Gasteiger partial charge on any atom is -0.317 e. The molecule has 0 saturated carbocycles. The van der Waals surface area contributed by atoms with Crippen LogP contribution in [0, 0.1) is 0 Å². The fraction of sp³-hybridized carbons (Fsp3) is 0.0256. The van der Waals surface area contributed by atoms with Crippen molar-refractivity contribution in [3.05, 3.63) is 186 Å². The number of benzene rings is 6. The lowest BCUT2D eigenvalue weighted by atomic mass is 9.67. The Kier molecular flexibility index (Phi) is 5.11. The highest BCUT2D eigenvalue weighted by molar-refractivity contribution is 6.03. The van der Waals surface area contributed by atoms with Gasteiger partial charge in [-0.1, -0.05) is 133 Å². The second kappa shape index (κ2) is 8.97. The molecule has 0 unspecified atom stereocenters. The molecule has 188 valence electrons. The van der Waals surface area contributed by atoms with Gasteiger partial charge < -0.3 is 4.57 Å². The molecule has 1 aliphatic carbocycles. The molecule has 1 heteroatoms. The van der Waals surface area contributed by atoms with Gasteiger partial charge in [0.25, 0.3) is 0 Å². The second-order valence-electron chi connectivity index (χ2n) is 10.5. The normalized spacial score (nSPS) is 13.2. The van der Waals surface area contributed by atoms with Gasteiger partial charge in [-0.15, -0.1) is 0 Å². The fourth-order valence-electron chi connectivity index (χ4n) is 6.83. The molecule has 0 spiro atoms. The summed E-state index contributed by atoms with van der Waals surface area (Å²) < 4.78 is 2.32. The van der Waals surface area contributed by atoms with E-state index in [1.807, 2.05) is 0 Å². The Hall–Kier alpha value is -5.14. The largest absolute Gasteiger partial charge is 0.317 e. The molecule has 8 rings (SSSR count). The van der Waals surface area contributed by atoms with E-state index in [2.05, 4.69) is 168 Å². The maximum atomic E-state index is 2.37. The highest BCUT2D eigenvalue weighted by Crippen LogP contribution is 2.57. The molecule has 1 nitrogen and oxygen atoms in total. The summed E-state index contributed by atoms with van der Waals surface area (Å²) in [6, 6.07) is 57.4. The SMILES string of the molecule is c1ccc(-c2ccc(-n3ccc4c5c(ccc43)C(c3ccccc3)(c3ccccc3)c3ccccc3-5)cc2)cc1. The van der Waals surface area contributed by atoms with Gasteiger partial charge in [0, 0.05) is 17.3 Å². The van der Waals surface area contributed by atoms with E-state index in [0.717, 1.165) is 0 Å². The van der Waals surface area contributed by atoms with Crippen LogP contribution < -0.4 is 0 Å². The van der Waals surface area contributed by atoms with Crippen LogP contribution in [0.15, 0.2) is 164 Å². The van der Waals surface area contributed by atoms with Crippen molar-refractivity contribution in [3.63, 3.8) is 0 Å². The molecule has 0 N–H and O–H groups in total. The fourth-order valence-corrected chi connectivity index (χ4v) is 6.83. The van der Waals surface area contributed by atoms with Crippen LogP contribution in [0.5, 0.6) is 0 Å². The summed E-state index contributed by atoms with van der Waals surface area (Å²) in [5, 5.41) is 1.28. The molecular weight excluding hydrogens is 482 g/mol. The van der Waals surface area contributed by atoms with Crippen molar-refractivity contribution >= 4 is 10.9 Å². The molecule has 0 fully saturated rings. The Morgan fingerprint density at radius 3 is 1.68 bits per heavy atom. The van der Waals surface area contributed by atoms with Crippen molar-refractivity contribution in [1.82, 2.24) is 4.57 Å². The van der Waals surface area contributed by atoms with E-state index in [9.17, 15) is 0 Å². The van der Waals surface area contributed by atoms with Gasteiger partial charge in [-0.25, -0.2) is 0 Å². The summed E-state index contributed by atoms with van der Waals surface area (Å²) in [7, 11) is 0. The van der Waals surface area contributed by atoms with Gasteiger partial charge in [0.2, 0.25) is 0 Å². The Labute approximate surface area is 234 Å². The quantitative estimate of drug-likeness (QED) is 0.223. The summed E-state index contributed by atoms with van der Waals surface area (Å²) in [4.78, 5) is 0. The average Bonchev–Trinajstić information content (AvgIpc) is 3.60. The molecule has 0 aliphatic heterocycles. The monoisotopic (exact) mass is 509 g/mol. The lowest BCUT2D eigenvalue weighted by Crippen LogP contribution is -2.28. The zero-order valence-corrected chi connectivity index (χ0v) is 22.0. The highest BCUT2D eigenvalue weighted by atomic mass is 15.0. The molecule has 6 aromatic carbocycles. The summed E-state index contributed by atoms with van der Waals surface area (Å²) in [6.07, 6.45) is 2.22. The first kappa shape index (κ1) is 22.8. The summed E-state index contributed by atoms with van der Waals surface area (Å²) in [5.41, 5.74) is 12.4. The third kappa shape index (κ3) is 3.21. The Morgan fingerprint density at radius 2 is 1.00 bits per heavy atom. The van der Waals surface area contributed by atoms with Crippen LogP contribution in [0.3, 0.4) is 0 Å². The third-order valence-electron chi connectivity index (χ3n) is 8.54. The zero-order chi connectivity index (χ0) is 26.5. The molecule has 40 heavy (non-hydrogen) atoms. The summed E-state index contributed by atoms with van der Waals surface area (Å²) in [5.74, 6) is 0. The van der Waals surface area contributed by atoms with E-state index in [1.165, 1.54) is 61.1 Å². The molecule has 0 saturated heterocycles. The van der Waals surface area contributed by atoms with Crippen LogP contribution in [0.2, 0.25) is 0 Å². The Morgan fingerprint density at radius 1 is 0.425 bits per heavy atom. The third-order valence-corrected chi connectivity index (χ3v) is 8.54. The number of hydrogen-bond donors (Lipinski definition) is 0. The van der Waals surface area contributed by atoms with E-state index < -0.39 is 0 Å². The van der Waals surface area contributed by atoms with Crippen LogP contribution in [0.4, 0.5) is 0 Å². The maximum absolute atomic E-state index is 2.37. The number of fused-ring (bicyclic) bond motifs is 5. The molecular formula is C39H27N. The lowest BCUT2D eigenvalue weighted by Gasteiger charge is -2.33. The van der Waals surface area contributed by atoms with Gasteiger partial charge in [0.1, 0.15) is 0 Å². The number of nitrogens with zero attached hydrogens (tertiary/aromatic N) is 1. The van der Waals surface area contributed by atoms with E-state index >= 15 is 0 Å². The van der Waals surface area contributed by atoms with Gasteiger partial charge in [-0.05, 0) is 68.8 Å². The minimum absolute atomic E-state index is 0.373. The van der Waals surface area contributed by atoms with Gasteiger partial charge in [-0.3, -0.25) is 0 Å². The van der Waals surface area contributed by atoms with E-state index in [0.29, 0.717) is 0 Å². The standard InChI is InChI=1S/C39H27N/c1-4-12-28(13-5-1)29-20-22-32(23-21-29)40-27-26-34-37(40)25-24-36-38(34)33-18-10-11-19-35(33)39(36,30-14-6-2-7-15-30)31-16-8-3-9-17-31/h1-27H. The topological polar surface area (TPSA) is 4.93 Å². The highest BCUT2D eigenvalue weighted by Gasteiger charge is 2.46. The zero-order valence-electron chi connectivity index (χ0n) is 22.0. The van der Waals surface area contributed by atoms with Crippen molar-refractivity contribution in [2.24, 2.45) is 0 Å². The predicted molar refractivity (Wildman–Crippen MR) is 166 cm³/mol.